The summed E-state index contributed by atoms with van der Waals surface area (Å²) in [6.07, 6.45) is 2.95. The first kappa shape index (κ1) is 12.3. The third-order valence-corrected chi connectivity index (χ3v) is 3.60. The molecule has 17 heavy (non-hydrogen) atoms. The highest BCUT2D eigenvalue weighted by atomic mass is 16.3. The summed E-state index contributed by atoms with van der Waals surface area (Å²) in [7, 11) is 0. The maximum Gasteiger partial charge on any atom is 0.137 e. The lowest BCUT2D eigenvalue weighted by Gasteiger charge is -2.21. The van der Waals surface area contributed by atoms with Crippen molar-refractivity contribution in [3.63, 3.8) is 0 Å². The Balaban J connectivity index is 2.20. The largest absolute Gasteiger partial charge is 0.391 e. The molecule has 1 fully saturated rings. The van der Waals surface area contributed by atoms with Crippen LogP contribution in [0.2, 0.25) is 0 Å². The highest BCUT2D eigenvalue weighted by molar-refractivity contribution is 5.46. The number of anilines is 1. The molecule has 1 aliphatic rings. The van der Waals surface area contributed by atoms with Gasteiger partial charge in [0.1, 0.15) is 11.6 Å². The maximum absolute atomic E-state index is 9.34. The van der Waals surface area contributed by atoms with Gasteiger partial charge in [0.05, 0.1) is 6.61 Å². The molecule has 0 amide bonds. The predicted molar refractivity (Wildman–Crippen MR) is 67.8 cm³/mol. The van der Waals surface area contributed by atoms with Crippen molar-refractivity contribution in [2.75, 3.05) is 18.0 Å². The molecule has 0 bridgehead atoms. The van der Waals surface area contributed by atoms with Crippen molar-refractivity contribution in [2.24, 2.45) is 11.8 Å². The number of hydrogen-bond acceptors (Lipinski definition) is 4. The number of rotatable bonds is 3. The second-order valence-corrected chi connectivity index (χ2v) is 5.16. The average molecular weight is 235 g/mol. The Morgan fingerprint density at radius 3 is 2.88 bits per heavy atom. The summed E-state index contributed by atoms with van der Waals surface area (Å²) in [5.74, 6) is 3.13. The van der Waals surface area contributed by atoms with Crippen LogP contribution in [0.5, 0.6) is 0 Å². The van der Waals surface area contributed by atoms with Crippen LogP contribution in [-0.2, 0) is 6.61 Å². The first-order valence-corrected chi connectivity index (χ1v) is 6.30. The monoisotopic (exact) mass is 235 g/mol. The minimum absolute atomic E-state index is 0.0124. The van der Waals surface area contributed by atoms with Gasteiger partial charge < -0.3 is 10.0 Å². The third kappa shape index (κ3) is 2.57. The molecule has 4 heteroatoms. The fraction of sp³-hybridized carbons (Fsp3) is 0.692. The van der Waals surface area contributed by atoms with E-state index in [4.69, 9.17) is 0 Å². The molecule has 0 saturated carbocycles. The fourth-order valence-electron chi connectivity index (χ4n) is 2.39. The van der Waals surface area contributed by atoms with Gasteiger partial charge in [-0.05, 0) is 25.2 Å². The van der Waals surface area contributed by atoms with E-state index in [1.54, 1.807) is 6.20 Å². The summed E-state index contributed by atoms with van der Waals surface area (Å²) in [4.78, 5) is 10.9. The van der Waals surface area contributed by atoms with E-state index in [1.165, 1.54) is 6.42 Å². The second-order valence-electron chi connectivity index (χ2n) is 5.16. The standard InChI is InChI=1S/C13H21N3O/c1-9(2)11-4-5-16(7-11)13-12(8-17)6-14-10(3)15-13/h6,9,11,17H,4-5,7-8H2,1-3H3. The molecular weight excluding hydrogens is 214 g/mol. The Hall–Kier alpha value is -1.16. The van der Waals surface area contributed by atoms with Crippen molar-refractivity contribution < 1.29 is 5.11 Å². The lowest BCUT2D eigenvalue weighted by molar-refractivity contribution is 0.281. The molecule has 1 atom stereocenters. The van der Waals surface area contributed by atoms with E-state index in [2.05, 4.69) is 28.7 Å². The molecule has 2 heterocycles. The van der Waals surface area contributed by atoms with Crippen molar-refractivity contribution in [3.05, 3.63) is 17.6 Å². The van der Waals surface area contributed by atoms with Gasteiger partial charge in [-0.2, -0.15) is 0 Å². The zero-order valence-corrected chi connectivity index (χ0v) is 10.8. The fourth-order valence-corrected chi connectivity index (χ4v) is 2.39. The van der Waals surface area contributed by atoms with Gasteiger partial charge in [-0.3, -0.25) is 0 Å². The molecule has 0 aliphatic carbocycles. The molecule has 0 spiro atoms. The van der Waals surface area contributed by atoms with Gasteiger partial charge in [0.15, 0.2) is 0 Å². The Morgan fingerprint density at radius 1 is 1.53 bits per heavy atom. The summed E-state index contributed by atoms with van der Waals surface area (Å²) in [6.45, 7) is 8.52. The third-order valence-electron chi connectivity index (χ3n) is 3.60. The van der Waals surface area contributed by atoms with E-state index in [0.717, 1.165) is 36.2 Å². The van der Waals surface area contributed by atoms with Crippen LogP contribution < -0.4 is 4.90 Å². The molecule has 1 unspecified atom stereocenters. The van der Waals surface area contributed by atoms with Gasteiger partial charge >= 0.3 is 0 Å². The maximum atomic E-state index is 9.34. The van der Waals surface area contributed by atoms with Gasteiger partial charge in [0.2, 0.25) is 0 Å². The Bertz CT molecular complexity index is 392. The molecule has 2 rings (SSSR count). The lowest BCUT2D eigenvalue weighted by Crippen LogP contribution is -2.24. The van der Waals surface area contributed by atoms with Crippen molar-refractivity contribution in [2.45, 2.75) is 33.8 Å². The van der Waals surface area contributed by atoms with Gasteiger partial charge in [0.25, 0.3) is 0 Å². The first-order valence-electron chi connectivity index (χ1n) is 6.30. The van der Waals surface area contributed by atoms with Crippen molar-refractivity contribution >= 4 is 5.82 Å². The van der Waals surface area contributed by atoms with Crippen molar-refractivity contribution in [3.8, 4) is 0 Å². The van der Waals surface area contributed by atoms with E-state index >= 15 is 0 Å². The molecule has 1 aliphatic heterocycles. The molecule has 1 aromatic heterocycles. The van der Waals surface area contributed by atoms with Crippen LogP contribution in [0.4, 0.5) is 5.82 Å². The van der Waals surface area contributed by atoms with E-state index in [9.17, 15) is 5.11 Å². The van der Waals surface area contributed by atoms with E-state index in [1.807, 2.05) is 6.92 Å². The van der Waals surface area contributed by atoms with Crippen LogP contribution in [0, 0.1) is 18.8 Å². The van der Waals surface area contributed by atoms with Crippen LogP contribution >= 0.6 is 0 Å². The molecule has 1 saturated heterocycles. The van der Waals surface area contributed by atoms with Gasteiger partial charge in [-0.25, -0.2) is 9.97 Å². The van der Waals surface area contributed by atoms with Gasteiger partial charge in [-0.15, -0.1) is 0 Å². The Labute approximate surface area is 103 Å². The first-order chi connectivity index (χ1) is 8.11. The van der Waals surface area contributed by atoms with Crippen LogP contribution in [0.15, 0.2) is 6.20 Å². The molecule has 1 N–H and O–H groups in total. The van der Waals surface area contributed by atoms with Crippen LogP contribution in [0.25, 0.3) is 0 Å². The van der Waals surface area contributed by atoms with Gasteiger partial charge in [0, 0.05) is 24.8 Å². The van der Waals surface area contributed by atoms with Crippen LogP contribution in [0.3, 0.4) is 0 Å². The van der Waals surface area contributed by atoms with Crippen LogP contribution in [0.1, 0.15) is 31.7 Å². The van der Waals surface area contributed by atoms with Crippen LogP contribution in [-0.4, -0.2) is 28.2 Å². The molecular formula is C13H21N3O. The Kier molecular flexibility index (Phi) is 3.62. The van der Waals surface area contributed by atoms with E-state index in [-0.39, 0.29) is 6.61 Å². The summed E-state index contributed by atoms with van der Waals surface area (Å²) in [6, 6.07) is 0. The number of nitrogens with zero attached hydrogens (tertiary/aromatic N) is 3. The normalized spacial score (nSPS) is 20.3. The minimum Gasteiger partial charge on any atom is -0.391 e. The van der Waals surface area contributed by atoms with Gasteiger partial charge in [-0.1, -0.05) is 13.8 Å². The highest BCUT2D eigenvalue weighted by Gasteiger charge is 2.27. The predicted octanol–water partition coefficient (Wildman–Crippen LogP) is 1.76. The summed E-state index contributed by atoms with van der Waals surface area (Å²) < 4.78 is 0. The molecule has 94 valence electrons. The zero-order chi connectivity index (χ0) is 12.4. The molecule has 0 aromatic carbocycles. The van der Waals surface area contributed by atoms with E-state index < -0.39 is 0 Å². The quantitative estimate of drug-likeness (QED) is 0.867. The summed E-state index contributed by atoms with van der Waals surface area (Å²) in [5.41, 5.74) is 0.833. The molecule has 4 nitrogen and oxygen atoms in total. The molecule has 1 aromatic rings. The topological polar surface area (TPSA) is 49.3 Å². The van der Waals surface area contributed by atoms with Crippen molar-refractivity contribution in [1.82, 2.24) is 9.97 Å². The number of aliphatic hydroxyl groups excluding tert-OH is 1. The van der Waals surface area contributed by atoms with E-state index in [0.29, 0.717) is 5.92 Å². The number of aliphatic hydroxyl groups is 1. The highest BCUT2D eigenvalue weighted by Crippen LogP contribution is 2.28. The minimum atomic E-state index is 0.0124. The SMILES string of the molecule is Cc1ncc(CO)c(N2CCC(C(C)C)C2)n1. The number of hydrogen-bond donors (Lipinski definition) is 1. The summed E-state index contributed by atoms with van der Waals surface area (Å²) in [5, 5.41) is 9.34. The summed E-state index contributed by atoms with van der Waals surface area (Å²) >= 11 is 0. The average Bonchev–Trinajstić information content (AvgIpc) is 2.78. The smallest absolute Gasteiger partial charge is 0.137 e. The number of aromatic nitrogens is 2. The number of aryl methyl sites for hydroxylation is 1. The van der Waals surface area contributed by atoms with Crippen molar-refractivity contribution in [1.29, 1.82) is 0 Å². The zero-order valence-electron chi connectivity index (χ0n) is 10.8. The molecule has 0 radical (unpaired) electrons. The second kappa shape index (κ2) is 5.00. The lowest BCUT2D eigenvalue weighted by atomic mass is 9.95. The Morgan fingerprint density at radius 2 is 2.29 bits per heavy atom.